The maximum atomic E-state index is 13.3. The predicted molar refractivity (Wildman–Crippen MR) is 106 cm³/mol. The zero-order valence-corrected chi connectivity index (χ0v) is 16.4. The summed E-state index contributed by atoms with van der Waals surface area (Å²) < 4.78 is 5.54. The third kappa shape index (κ3) is 2.84. The molecule has 4 rings (SSSR count). The molecule has 0 saturated heterocycles. The molecule has 1 N–H and O–H groups in total. The van der Waals surface area contributed by atoms with Gasteiger partial charge in [0, 0.05) is 5.69 Å². The van der Waals surface area contributed by atoms with Gasteiger partial charge in [-0.15, -0.1) is 11.3 Å². The first-order valence-electron chi connectivity index (χ1n) is 8.74. The van der Waals surface area contributed by atoms with Gasteiger partial charge in [-0.25, -0.2) is 4.98 Å². The maximum absolute atomic E-state index is 13.3. The van der Waals surface area contributed by atoms with Crippen molar-refractivity contribution in [2.75, 3.05) is 4.90 Å². The molecule has 1 aliphatic heterocycles. The summed E-state index contributed by atoms with van der Waals surface area (Å²) >= 11 is 1.24. The lowest BCUT2D eigenvalue weighted by atomic mass is 9.99. The Morgan fingerprint density at radius 2 is 1.89 bits per heavy atom. The molecule has 0 spiro atoms. The molecule has 1 aliphatic rings. The minimum absolute atomic E-state index is 0.00674. The van der Waals surface area contributed by atoms with Crippen molar-refractivity contribution in [2.45, 2.75) is 26.8 Å². The van der Waals surface area contributed by atoms with Gasteiger partial charge < -0.3 is 9.52 Å². The van der Waals surface area contributed by atoms with Crippen LogP contribution in [0.3, 0.4) is 0 Å². The molecule has 6 nitrogen and oxygen atoms in total. The second-order valence-electron chi connectivity index (χ2n) is 6.67. The fraction of sp³-hybridized carbons (Fsp3) is 0.190. The Bertz CT molecular complexity index is 1090. The number of aryl methyl sites for hydroxylation is 3. The van der Waals surface area contributed by atoms with Crippen LogP contribution in [0.2, 0.25) is 0 Å². The number of aromatic nitrogens is 1. The number of amides is 1. The zero-order valence-electron chi connectivity index (χ0n) is 15.6. The third-order valence-electron chi connectivity index (χ3n) is 4.69. The highest BCUT2D eigenvalue weighted by molar-refractivity contribution is 7.14. The van der Waals surface area contributed by atoms with Crippen molar-refractivity contribution in [3.05, 3.63) is 80.9 Å². The van der Waals surface area contributed by atoms with Crippen molar-refractivity contribution in [3.63, 3.8) is 0 Å². The van der Waals surface area contributed by atoms with E-state index < -0.39 is 23.5 Å². The maximum Gasteiger partial charge on any atom is 0.294 e. The molecule has 1 amide bonds. The number of hydrogen-bond acceptors (Lipinski definition) is 6. The molecule has 142 valence electrons. The van der Waals surface area contributed by atoms with E-state index in [4.69, 9.17) is 4.42 Å². The predicted octanol–water partition coefficient (Wildman–Crippen LogP) is 4.44. The van der Waals surface area contributed by atoms with E-state index in [1.807, 2.05) is 26.0 Å². The van der Waals surface area contributed by atoms with E-state index >= 15 is 0 Å². The number of Topliss-reactive ketones (excluding diaryl/α,β-unsaturated/α-hetero) is 1. The highest BCUT2D eigenvalue weighted by atomic mass is 32.1. The van der Waals surface area contributed by atoms with Crippen LogP contribution in [0.4, 0.5) is 5.69 Å². The van der Waals surface area contributed by atoms with Gasteiger partial charge >= 0.3 is 0 Å². The smallest absolute Gasteiger partial charge is 0.294 e. The van der Waals surface area contributed by atoms with Gasteiger partial charge in [-0.1, -0.05) is 17.7 Å². The fourth-order valence-electron chi connectivity index (χ4n) is 3.39. The monoisotopic (exact) mass is 394 g/mol. The van der Waals surface area contributed by atoms with Crippen LogP contribution >= 0.6 is 11.3 Å². The number of ketones is 1. The minimum atomic E-state index is -0.848. The van der Waals surface area contributed by atoms with Crippen molar-refractivity contribution < 1.29 is 19.1 Å². The zero-order chi connectivity index (χ0) is 20.0. The van der Waals surface area contributed by atoms with Gasteiger partial charge in [0.05, 0.1) is 27.4 Å². The Labute approximate surface area is 165 Å². The normalized spacial score (nSPS) is 16.9. The Morgan fingerprint density at radius 1 is 1.18 bits per heavy atom. The quantitative estimate of drug-likeness (QED) is 0.661. The highest BCUT2D eigenvalue weighted by Gasteiger charge is 2.46. The van der Waals surface area contributed by atoms with Gasteiger partial charge in [-0.2, -0.15) is 0 Å². The van der Waals surface area contributed by atoms with Crippen LogP contribution in [0.25, 0.3) is 0 Å². The van der Waals surface area contributed by atoms with E-state index in [1.165, 1.54) is 22.5 Å². The molecular weight excluding hydrogens is 376 g/mol. The lowest BCUT2D eigenvalue weighted by molar-refractivity contribution is -0.117. The lowest BCUT2D eigenvalue weighted by Gasteiger charge is -2.25. The summed E-state index contributed by atoms with van der Waals surface area (Å²) in [6.07, 6.45) is 1.48. The number of anilines is 1. The Morgan fingerprint density at radius 3 is 2.46 bits per heavy atom. The second-order valence-corrected chi connectivity index (χ2v) is 7.87. The number of thiazole rings is 1. The van der Waals surface area contributed by atoms with E-state index in [0.717, 1.165) is 10.6 Å². The van der Waals surface area contributed by atoms with Crippen molar-refractivity contribution in [2.24, 2.45) is 0 Å². The van der Waals surface area contributed by atoms with Crippen LogP contribution < -0.4 is 4.90 Å². The SMILES string of the molecule is Cc1ccc(N2C(=O)C(O)=C(C(=O)c3sc(C)nc3C)C2c2ccco2)cc1. The highest BCUT2D eigenvalue weighted by Crippen LogP contribution is 2.42. The lowest BCUT2D eigenvalue weighted by Crippen LogP contribution is -2.30. The largest absolute Gasteiger partial charge is 0.503 e. The first kappa shape index (κ1) is 18.2. The second kappa shape index (κ2) is 6.76. The van der Waals surface area contributed by atoms with Gasteiger partial charge in [0.1, 0.15) is 11.8 Å². The van der Waals surface area contributed by atoms with E-state index in [9.17, 15) is 14.7 Å². The van der Waals surface area contributed by atoms with E-state index in [1.54, 1.807) is 31.2 Å². The summed E-state index contributed by atoms with van der Waals surface area (Å²) in [5.74, 6) is -1.20. The molecule has 7 heteroatoms. The first-order valence-corrected chi connectivity index (χ1v) is 9.55. The molecule has 1 unspecified atom stereocenters. The van der Waals surface area contributed by atoms with Crippen LogP contribution in [0.5, 0.6) is 0 Å². The molecule has 1 atom stereocenters. The van der Waals surface area contributed by atoms with Gasteiger partial charge in [0.15, 0.2) is 5.76 Å². The number of furan rings is 1. The summed E-state index contributed by atoms with van der Waals surface area (Å²) in [5.41, 5.74) is 2.19. The topological polar surface area (TPSA) is 83.6 Å². The van der Waals surface area contributed by atoms with Gasteiger partial charge in [0.2, 0.25) is 5.78 Å². The number of aliphatic hydroxyl groups is 1. The average Bonchev–Trinajstić information content (AvgIpc) is 3.36. The molecule has 3 aromatic rings. The average molecular weight is 394 g/mol. The van der Waals surface area contributed by atoms with Crippen LogP contribution in [-0.2, 0) is 4.79 Å². The van der Waals surface area contributed by atoms with Gasteiger partial charge in [-0.05, 0) is 45.0 Å². The fourth-order valence-corrected chi connectivity index (χ4v) is 4.26. The number of rotatable bonds is 4. The van der Waals surface area contributed by atoms with Crippen LogP contribution in [0.15, 0.2) is 58.4 Å². The minimum Gasteiger partial charge on any atom is -0.503 e. The summed E-state index contributed by atoms with van der Waals surface area (Å²) in [5, 5.41) is 11.4. The summed E-state index contributed by atoms with van der Waals surface area (Å²) in [6, 6.07) is 9.84. The number of nitrogens with zero attached hydrogens (tertiary/aromatic N) is 2. The van der Waals surface area contributed by atoms with E-state index in [0.29, 0.717) is 22.0 Å². The Hall–Kier alpha value is -3.19. The number of hydrogen-bond donors (Lipinski definition) is 1. The molecule has 1 aromatic carbocycles. The first-order chi connectivity index (χ1) is 13.4. The number of carbonyl (C=O) groups is 2. The Kier molecular flexibility index (Phi) is 4.39. The molecule has 0 radical (unpaired) electrons. The van der Waals surface area contributed by atoms with Gasteiger partial charge in [-0.3, -0.25) is 14.5 Å². The van der Waals surface area contributed by atoms with Crippen molar-refractivity contribution >= 4 is 28.7 Å². The molecule has 2 aromatic heterocycles. The summed E-state index contributed by atoms with van der Waals surface area (Å²) in [7, 11) is 0. The van der Waals surface area contributed by atoms with Crippen molar-refractivity contribution in [1.82, 2.24) is 4.98 Å². The Balaban J connectivity index is 1.86. The number of aliphatic hydroxyl groups excluding tert-OH is 1. The van der Waals surface area contributed by atoms with Crippen LogP contribution in [-0.4, -0.2) is 21.8 Å². The molecule has 0 bridgehead atoms. The van der Waals surface area contributed by atoms with Crippen LogP contribution in [0.1, 0.15) is 37.7 Å². The van der Waals surface area contributed by atoms with Crippen molar-refractivity contribution in [1.29, 1.82) is 0 Å². The molecule has 0 fully saturated rings. The molecule has 3 heterocycles. The standard InChI is InChI=1S/C21H18N2O4S/c1-11-6-8-14(9-7-11)23-17(15-5-4-10-27-15)16(19(25)21(23)26)18(24)20-12(2)22-13(3)28-20/h4-10,17,25H,1-3H3. The summed E-state index contributed by atoms with van der Waals surface area (Å²) in [4.78, 5) is 32.3. The molecule has 0 saturated carbocycles. The molecular formula is C21H18N2O4S. The number of benzene rings is 1. The summed E-state index contributed by atoms with van der Waals surface area (Å²) in [6.45, 7) is 5.50. The number of carbonyl (C=O) groups excluding carboxylic acids is 2. The molecule has 28 heavy (non-hydrogen) atoms. The van der Waals surface area contributed by atoms with E-state index in [2.05, 4.69) is 4.98 Å². The molecule has 0 aliphatic carbocycles. The van der Waals surface area contributed by atoms with Gasteiger partial charge in [0.25, 0.3) is 5.91 Å². The van der Waals surface area contributed by atoms with Crippen molar-refractivity contribution in [3.8, 4) is 0 Å². The van der Waals surface area contributed by atoms with Crippen LogP contribution in [0, 0.1) is 20.8 Å². The third-order valence-corrected chi connectivity index (χ3v) is 5.76. The van der Waals surface area contributed by atoms with E-state index in [-0.39, 0.29) is 5.57 Å².